The molecule has 1 N–H and O–H groups in total. The minimum Gasteiger partial charge on any atom is -0.496 e. The number of hydrogen-bond donors (Lipinski definition) is 1. The van der Waals surface area contributed by atoms with Crippen LogP contribution >= 0.6 is 0 Å². The summed E-state index contributed by atoms with van der Waals surface area (Å²) in [4.78, 5) is 16.9. The normalized spacial score (nSPS) is 12.2. The van der Waals surface area contributed by atoms with Crippen LogP contribution in [0.2, 0.25) is 0 Å². The smallest absolute Gasteiger partial charge is 0.287 e. The molecule has 2 heterocycles. The number of amides is 1. The average Bonchev–Trinajstić information content (AvgIpc) is 3.49. The Kier molecular flexibility index (Phi) is 6.44. The fourth-order valence-electron chi connectivity index (χ4n) is 3.60. The van der Waals surface area contributed by atoms with Gasteiger partial charge in [-0.05, 0) is 24.6 Å². The lowest BCUT2D eigenvalue weighted by molar-refractivity contribution is 0.0285. The van der Waals surface area contributed by atoms with Gasteiger partial charge in [-0.15, -0.1) is 0 Å². The zero-order valence-corrected chi connectivity index (χ0v) is 18.6. The summed E-state index contributed by atoms with van der Waals surface area (Å²) >= 11 is 0. The summed E-state index contributed by atoms with van der Waals surface area (Å²) in [5.74, 6) is -1.03. The van der Waals surface area contributed by atoms with Gasteiger partial charge in [0.15, 0.2) is 0 Å². The molecule has 0 fully saturated rings. The highest BCUT2D eigenvalue weighted by Gasteiger charge is 2.27. The number of nitrogens with one attached hydrogen (secondary N) is 1. The molecule has 1 amide bonds. The first-order chi connectivity index (χ1) is 16.4. The van der Waals surface area contributed by atoms with Crippen molar-refractivity contribution in [2.24, 2.45) is 0 Å². The number of halogens is 3. The molecular formula is C23H22F3N5O3. The summed E-state index contributed by atoms with van der Waals surface area (Å²) in [7, 11) is 2.62. The van der Waals surface area contributed by atoms with E-state index in [1.165, 1.54) is 26.4 Å². The van der Waals surface area contributed by atoms with Crippen molar-refractivity contribution in [2.75, 3.05) is 14.2 Å². The van der Waals surface area contributed by atoms with Gasteiger partial charge in [-0.25, -0.2) is 18.2 Å². The first-order valence-electron chi connectivity index (χ1n) is 10.4. The lowest BCUT2D eigenvalue weighted by Gasteiger charge is -2.17. The van der Waals surface area contributed by atoms with E-state index >= 15 is 0 Å². The molecule has 2 aromatic carbocycles. The van der Waals surface area contributed by atoms with Crippen LogP contribution in [-0.2, 0) is 6.54 Å². The maximum absolute atomic E-state index is 13.4. The van der Waals surface area contributed by atoms with E-state index in [9.17, 15) is 18.0 Å². The van der Waals surface area contributed by atoms with Crippen LogP contribution in [0.1, 0.15) is 17.3 Å². The maximum atomic E-state index is 13.4. The number of hydrogen-bond acceptors (Lipinski definition) is 5. The molecule has 0 bridgehead atoms. The number of aryl methyl sites for hydroxylation is 1. The highest BCUT2D eigenvalue weighted by molar-refractivity contribution is 6.00. The van der Waals surface area contributed by atoms with Crippen LogP contribution in [0.25, 0.3) is 27.8 Å². The number of rotatable bonds is 8. The molecule has 0 saturated heterocycles. The van der Waals surface area contributed by atoms with Gasteiger partial charge < -0.3 is 14.8 Å². The van der Waals surface area contributed by atoms with Crippen LogP contribution in [0.4, 0.5) is 13.2 Å². The van der Waals surface area contributed by atoms with Gasteiger partial charge in [0.1, 0.15) is 23.4 Å². The number of fused-ring (bicyclic) bond motifs is 1. The molecule has 0 aliphatic carbocycles. The quantitative estimate of drug-likeness (QED) is 0.388. The maximum Gasteiger partial charge on any atom is 0.287 e. The molecule has 0 saturated carbocycles. The molecule has 4 aromatic rings. The number of nitrogens with zero attached hydrogens (tertiary/aromatic N) is 4. The molecule has 178 valence electrons. The lowest BCUT2D eigenvalue weighted by Crippen LogP contribution is -2.36. The zero-order chi connectivity index (χ0) is 24.4. The van der Waals surface area contributed by atoms with Crippen LogP contribution in [0.15, 0.2) is 49.1 Å². The molecule has 2 aromatic heterocycles. The first-order valence-corrected chi connectivity index (χ1v) is 10.4. The molecule has 1 unspecified atom stereocenters. The predicted octanol–water partition coefficient (Wildman–Crippen LogP) is 4.22. The summed E-state index contributed by atoms with van der Waals surface area (Å²) in [6, 6.07) is 8.82. The summed E-state index contributed by atoms with van der Waals surface area (Å²) in [5.41, 5.74) is 3.77. The monoisotopic (exact) mass is 473 g/mol. The second-order valence-corrected chi connectivity index (χ2v) is 7.34. The van der Waals surface area contributed by atoms with E-state index in [0.29, 0.717) is 5.69 Å². The molecule has 8 nitrogen and oxygen atoms in total. The van der Waals surface area contributed by atoms with Gasteiger partial charge in [0.2, 0.25) is 6.30 Å². The van der Waals surface area contributed by atoms with Gasteiger partial charge in [0.05, 0.1) is 37.1 Å². The number of benzene rings is 2. The predicted molar refractivity (Wildman–Crippen MR) is 119 cm³/mol. The first kappa shape index (κ1) is 23.1. The van der Waals surface area contributed by atoms with Gasteiger partial charge >= 0.3 is 0 Å². The second-order valence-electron chi connectivity index (χ2n) is 7.34. The highest BCUT2D eigenvalue weighted by Crippen LogP contribution is 2.34. The van der Waals surface area contributed by atoms with Crippen molar-refractivity contribution >= 4 is 16.9 Å². The van der Waals surface area contributed by atoms with Gasteiger partial charge in [-0.2, -0.15) is 5.10 Å². The number of methoxy groups -OCH3 is 2. The van der Waals surface area contributed by atoms with Crippen molar-refractivity contribution < 1.29 is 27.4 Å². The summed E-state index contributed by atoms with van der Waals surface area (Å²) in [5, 5.41) is 5.91. The Morgan fingerprint density at radius 3 is 2.38 bits per heavy atom. The standard InChI is InChI=1S/C23H22F3N5O3/c1-4-30-11-14(10-28-30)13-5-6-17-16(7-13)27-12-31(17)15-8-18(33-2)20(19(9-15)34-3)23(32)29-22(26)21(24)25/h5-12,21-22H,4H2,1-3H3,(H,29,32). The fraction of sp³-hybridized carbons (Fsp3) is 0.261. The third kappa shape index (κ3) is 4.28. The van der Waals surface area contributed by atoms with Crippen molar-refractivity contribution in [2.45, 2.75) is 26.2 Å². The Morgan fingerprint density at radius 2 is 1.79 bits per heavy atom. The molecular weight excluding hydrogens is 451 g/mol. The number of carbonyl (C=O) groups excluding carboxylic acids is 1. The van der Waals surface area contributed by atoms with Gasteiger partial charge in [-0.1, -0.05) is 6.07 Å². The third-order valence-electron chi connectivity index (χ3n) is 5.32. The Bertz CT molecular complexity index is 1310. The van der Waals surface area contributed by atoms with Crippen molar-refractivity contribution in [3.05, 3.63) is 54.6 Å². The SMILES string of the molecule is CCn1cc(-c2ccc3c(c2)ncn3-c2cc(OC)c(C(=O)NC(F)C(F)F)c(OC)c2)cn1. The van der Waals surface area contributed by atoms with E-state index in [1.54, 1.807) is 22.4 Å². The minimum atomic E-state index is -3.36. The Labute approximate surface area is 192 Å². The van der Waals surface area contributed by atoms with Crippen molar-refractivity contribution in [3.63, 3.8) is 0 Å². The topological polar surface area (TPSA) is 83.2 Å². The average molecular weight is 473 g/mol. The van der Waals surface area contributed by atoms with Crippen LogP contribution in [-0.4, -0.2) is 52.2 Å². The summed E-state index contributed by atoms with van der Waals surface area (Å²) < 4.78 is 52.7. The van der Waals surface area contributed by atoms with E-state index in [2.05, 4.69) is 10.1 Å². The van der Waals surface area contributed by atoms with Crippen molar-refractivity contribution in [1.82, 2.24) is 24.6 Å². The van der Waals surface area contributed by atoms with Crippen LogP contribution in [0.5, 0.6) is 11.5 Å². The van der Waals surface area contributed by atoms with Gasteiger partial charge in [0.25, 0.3) is 12.3 Å². The van der Waals surface area contributed by atoms with E-state index in [-0.39, 0.29) is 17.1 Å². The molecule has 1 atom stereocenters. The van der Waals surface area contributed by atoms with E-state index in [4.69, 9.17) is 9.47 Å². The Balaban J connectivity index is 1.74. The van der Waals surface area contributed by atoms with Crippen molar-refractivity contribution in [3.8, 4) is 28.3 Å². The minimum absolute atomic E-state index is 0.0266. The third-order valence-corrected chi connectivity index (χ3v) is 5.32. The zero-order valence-electron chi connectivity index (χ0n) is 18.6. The van der Waals surface area contributed by atoms with Crippen molar-refractivity contribution in [1.29, 1.82) is 0 Å². The molecule has 11 heteroatoms. The summed E-state index contributed by atoms with van der Waals surface area (Å²) in [6.45, 7) is 2.77. The molecule has 4 rings (SSSR count). The molecule has 0 aliphatic heterocycles. The number of carbonyl (C=O) groups is 1. The Morgan fingerprint density at radius 1 is 1.09 bits per heavy atom. The summed E-state index contributed by atoms with van der Waals surface area (Å²) in [6.07, 6.45) is -0.839. The van der Waals surface area contributed by atoms with Crippen LogP contribution in [0.3, 0.4) is 0 Å². The van der Waals surface area contributed by atoms with Gasteiger partial charge in [0, 0.05) is 30.4 Å². The lowest BCUT2D eigenvalue weighted by atomic mass is 10.1. The number of imidazole rings is 1. The second kappa shape index (κ2) is 9.46. The molecule has 0 spiro atoms. The van der Waals surface area contributed by atoms with E-state index < -0.39 is 18.6 Å². The van der Waals surface area contributed by atoms with Gasteiger partial charge in [-0.3, -0.25) is 14.0 Å². The van der Waals surface area contributed by atoms with E-state index in [1.807, 2.05) is 36.0 Å². The number of alkyl halides is 3. The Hall–Kier alpha value is -4.02. The molecule has 34 heavy (non-hydrogen) atoms. The fourth-order valence-corrected chi connectivity index (χ4v) is 3.60. The molecule has 0 radical (unpaired) electrons. The number of ether oxygens (including phenoxy) is 2. The molecule has 0 aliphatic rings. The van der Waals surface area contributed by atoms with Crippen LogP contribution in [0, 0.1) is 0 Å². The van der Waals surface area contributed by atoms with Crippen LogP contribution < -0.4 is 14.8 Å². The number of aromatic nitrogens is 4. The van der Waals surface area contributed by atoms with E-state index in [0.717, 1.165) is 28.7 Å². The largest absolute Gasteiger partial charge is 0.496 e. The highest BCUT2D eigenvalue weighted by atomic mass is 19.3.